The number of rotatable bonds is 4. The molecule has 7 heteroatoms. The van der Waals surface area contributed by atoms with Crippen molar-refractivity contribution in [2.45, 2.75) is 6.54 Å². The highest BCUT2D eigenvalue weighted by Gasteiger charge is 2.12. The van der Waals surface area contributed by atoms with Crippen LogP contribution in [-0.2, 0) is 6.54 Å². The van der Waals surface area contributed by atoms with Crippen molar-refractivity contribution in [1.82, 2.24) is 9.97 Å². The zero-order valence-electron chi connectivity index (χ0n) is 8.55. The fourth-order valence-corrected chi connectivity index (χ4v) is 2.05. The van der Waals surface area contributed by atoms with Crippen molar-refractivity contribution in [2.75, 3.05) is 5.32 Å². The molecule has 0 aliphatic heterocycles. The SMILES string of the molecule is O=C(O)c1ccnc(NCc2cscn2)c1Cl. The van der Waals surface area contributed by atoms with Crippen LogP contribution in [0.5, 0.6) is 0 Å². The predicted octanol–water partition coefficient (Wildman–Crippen LogP) is 2.50. The summed E-state index contributed by atoms with van der Waals surface area (Å²) < 4.78 is 0. The number of carbonyl (C=O) groups is 1. The molecule has 2 aromatic heterocycles. The van der Waals surface area contributed by atoms with Crippen molar-refractivity contribution in [3.63, 3.8) is 0 Å². The van der Waals surface area contributed by atoms with Gasteiger partial charge in [0, 0.05) is 11.6 Å². The summed E-state index contributed by atoms with van der Waals surface area (Å²) in [6, 6.07) is 1.36. The van der Waals surface area contributed by atoms with E-state index >= 15 is 0 Å². The number of carboxylic acid groups (broad SMARTS) is 1. The number of anilines is 1. The number of aromatic carboxylic acids is 1. The maximum Gasteiger partial charge on any atom is 0.337 e. The number of nitrogens with zero attached hydrogens (tertiary/aromatic N) is 2. The van der Waals surface area contributed by atoms with Gasteiger partial charge in [-0.25, -0.2) is 14.8 Å². The van der Waals surface area contributed by atoms with E-state index in [0.717, 1.165) is 5.69 Å². The number of nitrogens with one attached hydrogen (secondary N) is 1. The van der Waals surface area contributed by atoms with Crippen LogP contribution in [0.1, 0.15) is 16.1 Å². The van der Waals surface area contributed by atoms with Crippen molar-refractivity contribution in [2.24, 2.45) is 0 Å². The maximum atomic E-state index is 10.9. The van der Waals surface area contributed by atoms with Crippen LogP contribution < -0.4 is 5.32 Å². The number of thiazole rings is 1. The monoisotopic (exact) mass is 269 g/mol. The van der Waals surface area contributed by atoms with Gasteiger partial charge in [-0.05, 0) is 6.07 Å². The first-order valence-electron chi connectivity index (χ1n) is 4.67. The molecule has 0 radical (unpaired) electrons. The molecule has 2 aromatic rings. The molecule has 2 heterocycles. The predicted molar refractivity (Wildman–Crippen MR) is 65.6 cm³/mol. The lowest BCUT2D eigenvalue weighted by molar-refractivity contribution is 0.0697. The van der Waals surface area contributed by atoms with Crippen LogP contribution >= 0.6 is 22.9 Å². The van der Waals surface area contributed by atoms with Crippen molar-refractivity contribution >= 4 is 34.7 Å². The van der Waals surface area contributed by atoms with E-state index in [1.165, 1.54) is 23.6 Å². The molecule has 0 saturated carbocycles. The summed E-state index contributed by atoms with van der Waals surface area (Å²) in [5.74, 6) is -0.728. The quantitative estimate of drug-likeness (QED) is 0.892. The van der Waals surface area contributed by atoms with E-state index in [1.54, 1.807) is 5.51 Å². The van der Waals surface area contributed by atoms with Crippen LogP contribution in [-0.4, -0.2) is 21.0 Å². The Balaban J connectivity index is 2.16. The van der Waals surface area contributed by atoms with E-state index in [0.29, 0.717) is 12.4 Å². The molecule has 17 heavy (non-hydrogen) atoms. The van der Waals surface area contributed by atoms with Crippen molar-refractivity contribution in [1.29, 1.82) is 0 Å². The Morgan fingerprint density at radius 1 is 1.53 bits per heavy atom. The Morgan fingerprint density at radius 2 is 2.35 bits per heavy atom. The minimum Gasteiger partial charge on any atom is -0.478 e. The molecule has 0 aliphatic rings. The average molecular weight is 270 g/mol. The molecule has 5 nitrogen and oxygen atoms in total. The van der Waals surface area contributed by atoms with Crippen LogP contribution in [0, 0.1) is 0 Å². The molecule has 0 saturated heterocycles. The summed E-state index contributed by atoms with van der Waals surface area (Å²) in [5.41, 5.74) is 2.61. The summed E-state index contributed by atoms with van der Waals surface area (Å²) in [6.07, 6.45) is 1.40. The smallest absolute Gasteiger partial charge is 0.337 e. The largest absolute Gasteiger partial charge is 0.478 e. The van der Waals surface area contributed by atoms with E-state index in [2.05, 4.69) is 15.3 Å². The molecule has 0 fully saturated rings. The second kappa shape index (κ2) is 5.11. The highest BCUT2D eigenvalue weighted by molar-refractivity contribution is 7.07. The molecule has 2 N–H and O–H groups in total. The van der Waals surface area contributed by atoms with Gasteiger partial charge in [0.05, 0.1) is 28.3 Å². The van der Waals surface area contributed by atoms with Gasteiger partial charge in [-0.1, -0.05) is 11.6 Å². The van der Waals surface area contributed by atoms with E-state index in [1.807, 2.05) is 5.38 Å². The second-order valence-electron chi connectivity index (χ2n) is 3.16. The van der Waals surface area contributed by atoms with Gasteiger partial charge in [-0.3, -0.25) is 0 Å². The molecule has 88 valence electrons. The third kappa shape index (κ3) is 2.72. The Labute approximate surface area is 106 Å². The Morgan fingerprint density at radius 3 is 3.00 bits per heavy atom. The minimum absolute atomic E-state index is 0.0300. The summed E-state index contributed by atoms with van der Waals surface area (Å²) in [7, 11) is 0. The van der Waals surface area contributed by atoms with E-state index < -0.39 is 5.97 Å². The van der Waals surface area contributed by atoms with Gasteiger partial charge in [0.25, 0.3) is 0 Å². The van der Waals surface area contributed by atoms with E-state index in [-0.39, 0.29) is 10.6 Å². The summed E-state index contributed by atoms with van der Waals surface area (Å²) >= 11 is 7.41. The van der Waals surface area contributed by atoms with Crippen molar-refractivity contribution < 1.29 is 9.90 Å². The lowest BCUT2D eigenvalue weighted by Gasteiger charge is -2.07. The number of pyridine rings is 1. The molecule has 0 aliphatic carbocycles. The number of hydrogen-bond donors (Lipinski definition) is 2. The zero-order valence-corrected chi connectivity index (χ0v) is 10.1. The molecule has 0 amide bonds. The topological polar surface area (TPSA) is 75.1 Å². The fourth-order valence-electron chi connectivity index (χ4n) is 1.23. The molecule has 0 aromatic carbocycles. The van der Waals surface area contributed by atoms with Gasteiger partial charge in [-0.2, -0.15) is 0 Å². The highest BCUT2D eigenvalue weighted by atomic mass is 35.5. The van der Waals surface area contributed by atoms with Crippen LogP contribution in [0.15, 0.2) is 23.2 Å². The third-order valence-electron chi connectivity index (χ3n) is 2.04. The second-order valence-corrected chi connectivity index (χ2v) is 4.26. The molecule has 0 spiro atoms. The summed E-state index contributed by atoms with van der Waals surface area (Å²) in [5, 5.41) is 13.8. The van der Waals surface area contributed by atoms with Crippen LogP contribution in [0.25, 0.3) is 0 Å². The lowest BCUT2D eigenvalue weighted by Crippen LogP contribution is -2.05. The summed E-state index contributed by atoms with van der Waals surface area (Å²) in [6.45, 7) is 0.458. The standard InChI is InChI=1S/C10H8ClN3O2S/c11-8-7(10(15)16)1-2-12-9(8)13-3-6-4-17-5-14-6/h1-2,4-5H,3H2,(H,12,13)(H,15,16). The normalized spacial score (nSPS) is 10.2. The average Bonchev–Trinajstić information content (AvgIpc) is 2.80. The third-order valence-corrected chi connectivity index (χ3v) is 3.06. The summed E-state index contributed by atoms with van der Waals surface area (Å²) in [4.78, 5) is 18.9. The highest BCUT2D eigenvalue weighted by Crippen LogP contribution is 2.23. The fraction of sp³-hybridized carbons (Fsp3) is 0.100. The molecular formula is C10H8ClN3O2S. The van der Waals surface area contributed by atoms with Gasteiger partial charge >= 0.3 is 5.97 Å². The first-order chi connectivity index (χ1) is 8.18. The number of halogens is 1. The first-order valence-corrected chi connectivity index (χ1v) is 5.99. The van der Waals surface area contributed by atoms with Crippen LogP contribution in [0.4, 0.5) is 5.82 Å². The molecule has 0 unspecified atom stereocenters. The van der Waals surface area contributed by atoms with Gasteiger partial charge in [0.2, 0.25) is 0 Å². The van der Waals surface area contributed by atoms with E-state index in [9.17, 15) is 4.79 Å². The lowest BCUT2D eigenvalue weighted by atomic mass is 10.2. The van der Waals surface area contributed by atoms with Crippen molar-refractivity contribution in [3.05, 3.63) is 39.4 Å². The number of hydrogen-bond acceptors (Lipinski definition) is 5. The molecule has 0 atom stereocenters. The number of carboxylic acids is 1. The zero-order chi connectivity index (χ0) is 12.3. The Kier molecular flexibility index (Phi) is 3.55. The first kappa shape index (κ1) is 11.8. The minimum atomic E-state index is -1.07. The van der Waals surface area contributed by atoms with Gasteiger partial charge in [-0.15, -0.1) is 11.3 Å². The van der Waals surface area contributed by atoms with Gasteiger partial charge < -0.3 is 10.4 Å². The maximum absolute atomic E-state index is 10.9. The van der Waals surface area contributed by atoms with Crippen LogP contribution in [0.3, 0.4) is 0 Å². The molecule has 2 rings (SSSR count). The van der Waals surface area contributed by atoms with E-state index in [4.69, 9.17) is 16.7 Å². The number of aromatic nitrogens is 2. The Bertz CT molecular complexity index is 530. The van der Waals surface area contributed by atoms with Gasteiger partial charge in [0.1, 0.15) is 5.82 Å². The Hall–Kier alpha value is -1.66. The molecular weight excluding hydrogens is 262 g/mol. The molecule has 0 bridgehead atoms. The van der Waals surface area contributed by atoms with Crippen LogP contribution in [0.2, 0.25) is 5.02 Å². The van der Waals surface area contributed by atoms with Gasteiger partial charge in [0.15, 0.2) is 0 Å². The van der Waals surface area contributed by atoms with Crippen molar-refractivity contribution in [3.8, 4) is 0 Å².